The Kier molecular flexibility index (Phi) is 2.53. The van der Waals surface area contributed by atoms with Gasteiger partial charge in [0.15, 0.2) is 0 Å². The summed E-state index contributed by atoms with van der Waals surface area (Å²) in [5.74, 6) is 0.265. The standard InChI is InChI=1S/C9H17FO/c1-7(2)11-5-4-8-6-9(8,3)10/h7-8H,4-6H2,1-3H3. The van der Waals surface area contributed by atoms with E-state index in [1.165, 1.54) is 0 Å². The summed E-state index contributed by atoms with van der Waals surface area (Å²) in [5, 5.41) is 0. The Morgan fingerprint density at radius 1 is 1.64 bits per heavy atom. The van der Waals surface area contributed by atoms with E-state index in [9.17, 15) is 4.39 Å². The van der Waals surface area contributed by atoms with Crippen LogP contribution >= 0.6 is 0 Å². The number of halogens is 1. The number of rotatable bonds is 4. The minimum absolute atomic E-state index is 0.265. The molecule has 0 saturated heterocycles. The Balaban J connectivity index is 1.98. The van der Waals surface area contributed by atoms with Crippen molar-refractivity contribution < 1.29 is 9.13 Å². The summed E-state index contributed by atoms with van der Waals surface area (Å²) >= 11 is 0. The largest absolute Gasteiger partial charge is 0.379 e. The van der Waals surface area contributed by atoms with Crippen molar-refractivity contribution in [2.45, 2.75) is 45.4 Å². The van der Waals surface area contributed by atoms with E-state index in [0.717, 1.165) is 12.8 Å². The second-order valence-electron chi connectivity index (χ2n) is 3.89. The highest BCUT2D eigenvalue weighted by molar-refractivity contribution is 4.99. The van der Waals surface area contributed by atoms with Gasteiger partial charge in [0.05, 0.1) is 6.10 Å². The fourth-order valence-electron chi connectivity index (χ4n) is 1.27. The lowest BCUT2D eigenvalue weighted by Gasteiger charge is -2.06. The van der Waals surface area contributed by atoms with Crippen LogP contribution in [0.2, 0.25) is 0 Å². The Hall–Kier alpha value is -0.110. The van der Waals surface area contributed by atoms with Crippen molar-refractivity contribution in [2.75, 3.05) is 6.61 Å². The Labute approximate surface area is 67.9 Å². The predicted octanol–water partition coefficient (Wildman–Crippen LogP) is 2.55. The van der Waals surface area contributed by atoms with Gasteiger partial charge in [0.2, 0.25) is 0 Å². The summed E-state index contributed by atoms with van der Waals surface area (Å²) < 4.78 is 18.3. The molecule has 1 aliphatic rings. The first kappa shape index (κ1) is 8.98. The lowest BCUT2D eigenvalue weighted by Crippen LogP contribution is -2.06. The summed E-state index contributed by atoms with van der Waals surface area (Å²) in [6.45, 7) is 6.39. The molecule has 1 rings (SSSR count). The van der Waals surface area contributed by atoms with Crippen molar-refractivity contribution >= 4 is 0 Å². The average Bonchev–Trinajstić information content (AvgIpc) is 2.39. The first-order valence-corrected chi connectivity index (χ1v) is 4.33. The van der Waals surface area contributed by atoms with E-state index in [-0.39, 0.29) is 12.0 Å². The molecule has 0 aliphatic heterocycles. The molecular formula is C9H17FO. The average molecular weight is 160 g/mol. The lowest BCUT2D eigenvalue weighted by atomic mass is 10.2. The fraction of sp³-hybridized carbons (Fsp3) is 1.00. The number of alkyl halides is 1. The van der Waals surface area contributed by atoms with Gasteiger partial charge in [-0.2, -0.15) is 0 Å². The summed E-state index contributed by atoms with van der Waals surface area (Å²) in [6, 6.07) is 0. The molecule has 0 aromatic heterocycles. The van der Waals surface area contributed by atoms with Crippen LogP contribution in [0.1, 0.15) is 33.6 Å². The summed E-state index contributed by atoms with van der Waals surface area (Å²) in [6.07, 6.45) is 1.89. The second-order valence-corrected chi connectivity index (χ2v) is 3.89. The fourth-order valence-corrected chi connectivity index (χ4v) is 1.27. The molecule has 1 aliphatic carbocycles. The van der Waals surface area contributed by atoms with Gasteiger partial charge in [0, 0.05) is 6.61 Å². The molecule has 0 heterocycles. The maximum absolute atomic E-state index is 12.9. The van der Waals surface area contributed by atoms with Crippen LogP contribution < -0.4 is 0 Å². The number of hydrogen-bond donors (Lipinski definition) is 0. The van der Waals surface area contributed by atoms with Crippen molar-refractivity contribution in [1.82, 2.24) is 0 Å². The zero-order chi connectivity index (χ0) is 8.48. The van der Waals surface area contributed by atoms with Crippen LogP contribution in [0.25, 0.3) is 0 Å². The quantitative estimate of drug-likeness (QED) is 0.614. The number of ether oxygens (including phenoxy) is 1. The topological polar surface area (TPSA) is 9.23 Å². The minimum Gasteiger partial charge on any atom is -0.379 e. The number of hydrogen-bond acceptors (Lipinski definition) is 1. The van der Waals surface area contributed by atoms with E-state index < -0.39 is 5.67 Å². The molecule has 11 heavy (non-hydrogen) atoms. The maximum atomic E-state index is 12.9. The third kappa shape index (κ3) is 2.78. The van der Waals surface area contributed by atoms with Gasteiger partial charge in [-0.25, -0.2) is 4.39 Å². The monoisotopic (exact) mass is 160 g/mol. The van der Waals surface area contributed by atoms with Gasteiger partial charge in [-0.3, -0.25) is 0 Å². The van der Waals surface area contributed by atoms with Gasteiger partial charge >= 0.3 is 0 Å². The van der Waals surface area contributed by atoms with Crippen molar-refractivity contribution in [1.29, 1.82) is 0 Å². The van der Waals surface area contributed by atoms with Gasteiger partial charge in [-0.15, -0.1) is 0 Å². The molecule has 0 spiro atoms. The smallest absolute Gasteiger partial charge is 0.111 e. The summed E-state index contributed by atoms with van der Waals surface area (Å²) in [7, 11) is 0. The zero-order valence-corrected chi connectivity index (χ0v) is 7.56. The Morgan fingerprint density at radius 2 is 2.18 bits per heavy atom. The molecule has 0 aromatic rings. The molecule has 1 fully saturated rings. The molecule has 2 unspecified atom stereocenters. The summed E-state index contributed by atoms with van der Waals surface area (Å²) in [4.78, 5) is 0. The van der Waals surface area contributed by atoms with Crippen LogP contribution in [0.4, 0.5) is 4.39 Å². The first-order chi connectivity index (χ1) is 5.02. The van der Waals surface area contributed by atoms with E-state index in [1.54, 1.807) is 6.92 Å². The van der Waals surface area contributed by atoms with Crippen LogP contribution in [0.5, 0.6) is 0 Å². The van der Waals surface area contributed by atoms with Gasteiger partial charge in [0.25, 0.3) is 0 Å². The third-order valence-corrected chi connectivity index (χ3v) is 2.25. The van der Waals surface area contributed by atoms with E-state index >= 15 is 0 Å². The molecule has 0 bridgehead atoms. The molecule has 0 N–H and O–H groups in total. The van der Waals surface area contributed by atoms with Crippen molar-refractivity contribution in [3.05, 3.63) is 0 Å². The molecule has 2 atom stereocenters. The molecule has 0 radical (unpaired) electrons. The van der Waals surface area contributed by atoms with Crippen molar-refractivity contribution in [3.63, 3.8) is 0 Å². The predicted molar refractivity (Wildman–Crippen MR) is 43.3 cm³/mol. The van der Waals surface area contributed by atoms with Crippen LogP contribution in [-0.2, 0) is 4.74 Å². The van der Waals surface area contributed by atoms with E-state index in [1.807, 2.05) is 13.8 Å². The van der Waals surface area contributed by atoms with E-state index in [0.29, 0.717) is 6.61 Å². The highest BCUT2D eigenvalue weighted by Crippen LogP contribution is 2.48. The molecule has 0 aromatic carbocycles. The Morgan fingerprint density at radius 3 is 2.55 bits per heavy atom. The van der Waals surface area contributed by atoms with Crippen LogP contribution in [0.3, 0.4) is 0 Å². The van der Waals surface area contributed by atoms with Gasteiger partial charge in [0.1, 0.15) is 5.67 Å². The van der Waals surface area contributed by atoms with Gasteiger partial charge in [-0.1, -0.05) is 0 Å². The Bertz CT molecular complexity index is 132. The highest BCUT2D eigenvalue weighted by Gasteiger charge is 2.50. The van der Waals surface area contributed by atoms with Gasteiger partial charge < -0.3 is 4.74 Å². The summed E-state index contributed by atoms with van der Waals surface area (Å²) in [5.41, 5.74) is -0.875. The SMILES string of the molecule is CC(C)OCCC1CC1(C)F. The zero-order valence-electron chi connectivity index (χ0n) is 7.56. The highest BCUT2D eigenvalue weighted by atomic mass is 19.1. The van der Waals surface area contributed by atoms with E-state index in [2.05, 4.69) is 0 Å². The van der Waals surface area contributed by atoms with Crippen molar-refractivity contribution in [2.24, 2.45) is 5.92 Å². The molecular weight excluding hydrogens is 143 g/mol. The van der Waals surface area contributed by atoms with E-state index in [4.69, 9.17) is 4.74 Å². The van der Waals surface area contributed by atoms with Gasteiger partial charge in [-0.05, 0) is 39.5 Å². The molecule has 2 heteroatoms. The second kappa shape index (κ2) is 3.10. The molecule has 1 saturated carbocycles. The minimum atomic E-state index is -0.875. The normalized spacial score (nSPS) is 36.3. The van der Waals surface area contributed by atoms with Crippen molar-refractivity contribution in [3.8, 4) is 0 Å². The maximum Gasteiger partial charge on any atom is 0.111 e. The molecule has 1 nitrogen and oxygen atoms in total. The van der Waals surface area contributed by atoms with Crippen LogP contribution in [0.15, 0.2) is 0 Å². The molecule has 66 valence electrons. The lowest BCUT2D eigenvalue weighted by molar-refractivity contribution is 0.0711. The third-order valence-electron chi connectivity index (χ3n) is 2.25. The van der Waals surface area contributed by atoms with Crippen LogP contribution in [0, 0.1) is 5.92 Å². The molecule has 0 amide bonds. The first-order valence-electron chi connectivity index (χ1n) is 4.33. The van der Waals surface area contributed by atoms with Crippen LogP contribution in [-0.4, -0.2) is 18.4 Å².